The van der Waals surface area contributed by atoms with Crippen LogP contribution in [0.4, 0.5) is 0 Å². The smallest absolute Gasteiger partial charge is 0.141 e. The van der Waals surface area contributed by atoms with Crippen LogP contribution in [0, 0.1) is 5.92 Å². The van der Waals surface area contributed by atoms with Crippen molar-refractivity contribution >= 4 is 21.7 Å². The van der Waals surface area contributed by atoms with Crippen LogP contribution in [-0.4, -0.2) is 15.6 Å². The fraction of sp³-hybridized carbons (Fsp3) is 0.733. The van der Waals surface area contributed by atoms with Crippen LogP contribution in [0.5, 0.6) is 0 Å². The predicted molar refractivity (Wildman–Crippen MR) is 82.3 cm³/mol. The summed E-state index contributed by atoms with van der Waals surface area (Å²) in [5.41, 5.74) is 2.05. The zero-order valence-electron chi connectivity index (χ0n) is 12.5. The highest BCUT2D eigenvalue weighted by atomic mass is 79.9. The molecule has 1 aromatic heterocycles. The molecule has 1 unspecified atom stereocenters. The Bertz CT molecular complexity index is 426. The summed E-state index contributed by atoms with van der Waals surface area (Å²) < 4.78 is 2.85. The van der Waals surface area contributed by atoms with Gasteiger partial charge in [-0.2, -0.15) is 5.10 Å². The topological polar surface area (TPSA) is 34.9 Å². The van der Waals surface area contributed by atoms with E-state index in [1.165, 1.54) is 0 Å². The third-order valence-electron chi connectivity index (χ3n) is 3.70. The number of unbranched alkanes of at least 4 members (excludes halogenated alkanes) is 1. The number of carbonyl (C=O) groups excluding carboxylic acids is 1. The van der Waals surface area contributed by atoms with E-state index in [2.05, 4.69) is 41.8 Å². The summed E-state index contributed by atoms with van der Waals surface area (Å²) in [6.45, 7) is 6.35. The Hall–Kier alpha value is -0.640. The van der Waals surface area contributed by atoms with Crippen molar-refractivity contribution in [2.24, 2.45) is 13.0 Å². The molecule has 108 valence electrons. The highest BCUT2D eigenvalue weighted by molar-refractivity contribution is 9.10. The number of Topliss-reactive ketones (excluding diaryl/α,β-unsaturated/α-hetero) is 1. The van der Waals surface area contributed by atoms with Crippen LogP contribution in [-0.2, 0) is 24.7 Å². The van der Waals surface area contributed by atoms with Gasteiger partial charge in [0.25, 0.3) is 0 Å². The first-order chi connectivity index (χ1) is 9.04. The van der Waals surface area contributed by atoms with Crippen molar-refractivity contribution in [1.29, 1.82) is 0 Å². The number of halogens is 1. The van der Waals surface area contributed by atoms with Gasteiger partial charge in [-0.1, -0.05) is 33.6 Å². The van der Waals surface area contributed by atoms with Gasteiger partial charge in [-0.3, -0.25) is 9.48 Å². The summed E-state index contributed by atoms with van der Waals surface area (Å²) in [5.74, 6) is 0.550. The summed E-state index contributed by atoms with van der Waals surface area (Å²) in [7, 11) is 1.92. The van der Waals surface area contributed by atoms with Crippen LogP contribution in [0.2, 0.25) is 0 Å². The molecule has 0 N–H and O–H groups in total. The number of hydrogen-bond acceptors (Lipinski definition) is 2. The number of hydrogen-bond donors (Lipinski definition) is 0. The molecule has 0 aliphatic carbocycles. The Balaban J connectivity index is 2.78. The zero-order chi connectivity index (χ0) is 14.4. The first-order valence-electron chi connectivity index (χ1n) is 7.27. The molecule has 1 atom stereocenters. The zero-order valence-corrected chi connectivity index (χ0v) is 14.1. The number of rotatable bonds is 8. The molecule has 0 bridgehead atoms. The normalized spacial score (nSPS) is 12.7. The Morgan fingerprint density at radius 1 is 1.37 bits per heavy atom. The molecule has 1 rings (SSSR count). The molecule has 0 aliphatic heterocycles. The van der Waals surface area contributed by atoms with Crippen molar-refractivity contribution in [2.45, 2.75) is 59.3 Å². The van der Waals surface area contributed by atoms with E-state index in [4.69, 9.17) is 0 Å². The molecule has 0 radical (unpaired) electrons. The monoisotopic (exact) mass is 328 g/mol. The van der Waals surface area contributed by atoms with Crippen molar-refractivity contribution in [3.63, 3.8) is 0 Å². The number of aryl methyl sites for hydroxylation is 2. The van der Waals surface area contributed by atoms with Crippen molar-refractivity contribution in [3.05, 3.63) is 15.9 Å². The SMILES string of the molecule is CCCCC(CC)C(=O)Cc1c(Br)c(CC)nn1C. The number of ketones is 1. The molecule has 19 heavy (non-hydrogen) atoms. The van der Waals surface area contributed by atoms with E-state index in [1.807, 2.05) is 11.7 Å². The molecule has 3 nitrogen and oxygen atoms in total. The van der Waals surface area contributed by atoms with Gasteiger partial charge < -0.3 is 0 Å². The minimum Gasteiger partial charge on any atom is -0.299 e. The molecule has 1 heterocycles. The maximum Gasteiger partial charge on any atom is 0.141 e. The summed E-state index contributed by atoms with van der Waals surface area (Å²) in [4.78, 5) is 12.4. The van der Waals surface area contributed by atoms with Crippen molar-refractivity contribution in [1.82, 2.24) is 9.78 Å². The van der Waals surface area contributed by atoms with Gasteiger partial charge in [0, 0.05) is 19.4 Å². The lowest BCUT2D eigenvalue weighted by atomic mass is 9.92. The van der Waals surface area contributed by atoms with Crippen LogP contribution in [0.3, 0.4) is 0 Å². The molecule has 4 heteroatoms. The van der Waals surface area contributed by atoms with Crippen molar-refractivity contribution < 1.29 is 4.79 Å². The Morgan fingerprint density at radius 3 is 2.53 bits per heavy atom. The lowest BCUT2D eigenvalue weighted by molar-refractivity contribution is -0.122. The molecule has 0 saturated heterocycles. The lowest BCUT2D eigenvalue weighted by Gasteiger charge is -2.13. The lowest BCUT2D eigenvalue weighted by Crippen LogP contribution is -2.18. The molecule has 1 aromatic rings. The van der Waals surface area contributed by atoms with Crippen LogP contribution in [0.1, 0.15) is 57.8 Å². The van der Waals surface area contributed by atoms with Gasteiger partial charge in [0.05, 0.1) is 15.9 Å². The maximum atomic E-state index is 12.4. The second-order valence-corrected chi connectivity index (χ2v) is 5.87. The maximum absolute atomic E-state index is 12.4. The fourth-order valence-electron chi connectivity index (χ4n) is 2.36. The summed E-state index contributed by atoms with van der Waals surface area (Å²) in [5, 5.41) is 4.45. The Kier molecular flexibility index (Phi) is 6.76. The average molecular weight is 329 g/mol. The van der Waals surface area contributed by atoms with Gasteiger partial charge in [-0.25, -0.2) is 0 Å². The fourth-order valence-corrected chi connectivity index (χ4v) is 3.12. The molecule has 0 saturated carbocycles. The van der Waals surface area contributed by atoms with Gasteiger partial charge in [-0.05, 0) is 35.2 Å². The highest BCUT2D eigenvalue weighted by Crippen LogP contribution is 2.24. The van der Waals surface area contributed by atoms with E-state index < -0.39 is 0 Å². The van der Waals surface area contributed by atoms with E-state index in [9.17, 15) is 4.79 Å². The third kappa shape index (κ3) is 4.16. The van der Waals surface area contributed by atoms with Crippen molar-refractivity contribution in [2.75, 3.05) is 0 Å². The first kappa shape index (κ1) is 16.4. The number of carbonyl (C=O) groups is 1. The quantitative estimate of drug-likeness (QED) is 0.720. The number of aromatic nitrogens is 2. The number of nitrogens with zero attached hydrogens (tertiary/aromatic N) is 2. The van der Waals surface area contributed by atoms with Crippen LogP contribution < -0.4 is 0 Å². The summed E-state index contributed by atoms with van der Waals surface area (Å²) in [6, 6.07) is 0. The molecular formula is C15H25BrN2O. The van der Waals surface area contributed by atoms with E-state index in [1.54, 1.807) is 0 Å². The van der Waals surface area contributed by atoms with Gasteiger partial charge in [0.2, 0.25) is 0 Å². The third-order valence-corrected chi connectivity index (χ3v) is 4.61. The van der Waals surface area contributed by atoms with Crippen LogP contribution in [0.15, 0.2) is 4.47 Å². The molecule has 0 aliphatic rings. The highest BCUT2D eigenvalue weighted by Gasteiger charge is 2.20. The second-order valence-electron chi connectivity index (χ2n) is 5.08. The molecule has 0 aromatic carbocycles. The van der Waals surface area contributed by atoms with Gasteiger partial charge >= 0.3 is 0 Å². The molecule has 0 fully saturated rings. The molecular weight excluding hydrogens is 304 g/mol. The molecule has 0 spiro atoms. The van der Waals surface area contributed by atoms with E-state index in [0.29, 0.717) is 12.2 Å². The van der Waals surface area contributed by atoms with E-state index in [-0.39, 0.29) is 5.92 Å². The predicted octanol–water partition coefficient (Wildman–Crippen LogP) is 4.07. The van der Waals surface area contributed by atoms with Gasteiger partial charge in [0.1, 0.15) is 5.78 Å². The van der Waals surface area contributed by atoms with E-state index in [0.717, 1.165) is 48.0 Å². The van der Waals surface area contributed by atoms with Crippen LogP contribution >= 0.6 is 15.9 Å². The Morgan fingerprint density at radius 2 is 2.05 bits per heavy atom. The summed E-state index contributed by atoms with van der Waals surface area (Å²) in [6.07, 6.45) is 5.62. The first-order valence-corrected chi connectivity index (χ1v) is 8.07. The molecule has 0 amide bonds. The average Bonchev–Trinajstić information content (AvgIpc) is 2.67. The Labute approximate surface area is 124 Å². The van der Waals surface area contributed by atoms with Gasteiger partial charge in [-0.15, -0.1) is 0 Å². The minimum atomic E-state index is 0.201. The standard InChI is InChI=1S/C15H25BrN2O/c1-5-8-9-11(6-2)14(19)10-13-15(16)12(7-3)17-18(13)4/h11H,5-10H2,1-4H3. The minimum absolute atomic E-state index is 0.201. The van der Waals surface area contributed by atoms with E-state index >= 15 is 0 Å². The van der Waals surface area contributed by atoms with Crippen molar-refractivity contribution in [3.8, 4) is 0 Å². The van der Waals surface area contributed by atoms with Gasteiger partial charge in [0.15, 0.2) is 0 Å². The summed E-state index contributed by atoms with van der Waals surface area (Å²) >= 11 is 3.58. The second kappa shape index (κ2) is 7.83. The van der Waals surface area contributed by atoms with Crippen LogP contribution in [0.25, 0.3) is 0 Å². The largest absolute Gasteiger partial charge is 0.299 e.